The number of nitrogens with zero attached hydrogens (tertiary/aromatic N) is 1. The number of Topliss-reactive ketones (excluding diaryl/α,β-unsaturated/α-hetero) is 1. The lowest BCUT2D eigenvalue weighted by atomic mass is 9.84. The lowest BCUT2D eigenvalue weighted by Crippen LogP contribution is -2.29. The third kappa shape index (κ3) is 4.39. The highest BCUT2D eigenvalue weighted by atomic mass is 16.5. The van der Waals surface area contributed by atoms with Crippen LogP contribution in [0.3, 0.4) is 0 Å². The van der Waals surface area contributed by atoms with Crippen LogP contribution in [0.2, 0.25) is 0 Å². The van der Waals surface area contributed by atoms with Crippen molar-refractivity contribution >= 4 is 23.1 Å². The number of aryl methyl sites for hydroxylation is 1. The van der Waals surface area contributed by atoms with Gasteiger partial charge in [-0.25, -0.2) is 0 Å². The zero-order valence-corrected chi connectivity index (χ0v) is 20.5. The number of hydrogen-bond donors (Lipinski definition) is 2. The maximum atomic E-state index is 13.4. The molecule has 1 aliphatic rings. The Morgan fingerprint density at radius 3 is 2.14 bits per heavy atom. The molecule has 0 bridgehead atoms. The molecule has 1 heterocycles. The van der Waals surface area contributed by atoms with Gasteiger partial charge in [0.25, 0.3) is 11.7 Å². The van der Waals surface area contributed by atoms with Crippen LogP contribution in [-0.2, 0) is 15.0 Å². The molecule has 180 valence electrons. The minimum absolute atomic E-state index is 0.00525. The molecule has 6 heteroatoms. The Labute approximate surface area is 205 Å². The molecular weight excluding hydrogens is 442 g/mol. The second-order valence-corrected chi connectivity index (χ2v) is 9.74. The highest BCUT2D eigenvalue weighted by Crippen LogP contribution is 2.43. The Bertz CT molecular complexity index is 1310. The number of carbonyl (C=O) groups excluding carboxylic acids is 2. The molecule has 1 fully saturated rings. The van der Waals surface area contributed by atoms with E-state index in [1.165, 1.54) is 17.0 Å². The lowest BCUT2D eigenvalue weighted by Gasteiger charge is -2.26. The second-order valence-electron chi connectivity index (χ2n) is 9.74. The smallest absolute Gasteiger partial charge is 0.300 e. The van der Waals surface area contributed by atoms with Crippen LogP contribution in [0, 0.1) is 6.92 Å². The molecule has 2 N–H and O–H groups in total. The minimum Gasteiger partial charge on any atom is -0.508 e. The maximum absolute atomic E-state index is 13.4. The highest BCUT2D eigenvalue weighted by molar-refractivity contribution is 6.51. The number of methoxy groups -OCH3 is 1. The Hall–Kier alpha value is -4.06. The predicted molar refractivity (Wildman–Crippen MR) is 136 cm³/mol. The molecular formula is C29H29NO5. The van der Waals surface area contributed by atoms with E-state index in [2.05, 4.69) is 20.8 Å². The van der Waals surface area contributed by atoms with Crippen LogP contribution in [0.5, 0.6) is 11.5 Å². The first-order chi connectivity index (χ1) is 16.5. The molecule has 1 unspecified atom stereocenters. The first-order valence-electron chi connectivity index (χ1n) is 11.4. The van der Waals surface area contributed by atoms with Crippen molar-refractivity contribution in [1.29, 1.82) is 0 Å². The summed E-state index contributed by atoms with van der Waals surface area (Å²) in [5.41, 5.74) is 3.20. The van der Waals surface area contributed by atoms with Crippen molar-refractivity contribution < 1.29 is 24.5 Å². The van der Waals surface area contributed by atoms with E-state index in [9.17, 15) is 19.8 Å². The van der Waals surface area contributed by atoms with Crippen LogP contribution in [0.1, 0.15) is 49.1 Å². The number of benzene rings is 3. The summed E-state index contributed by atoms with van der Waals surface area (Å²) in [6, 6.07) is 18.0. The molecule has 0 saturated carbocycles. The van der Waals surface area contributed by atoms with Crippen molar-refractivity contribution in [3.8, 4) is 11.5 Å². The van der Waals surface area contributed by atoms with Gasteiger partial charge in [0.2, 0.25) is 0 Å². The van der Waals surface area contributed by atoms with E-state index >= 15 is 0 Å². The van der Waals surface area contributed by atoms with Crippen molar-refractivity contribution in [3.05, 3.63) is 94.6 Å². The summed E-state index contributed by atoms with van der Waals surface area (Å²) in [7, 11) is 1.55. The molecule has 1 saturated heterocycles. The Kier molecular flexibility index (Phi) is 6.15. The number of ether oxygens (including phenoxy) is 1. The number of anilines is 1. The molecule has 0 radical (unpaired) electrons. The third-order valence-electron chi connectivity index (χ3n) is 6.36. The summed E-state index contributed by atoms with van der Waals surface area (Å²) in [5, 5.41) is 21.3. The van der Waals surface area contributed by atoms with E-state index in [0.717, 1.165) is 11.1 Å². The number of carbonyl (C=O) groups is 2. The van der Waals surface area contributed by atoms with E-state index in [0.29, 0.717) is 22.6 Å². The summed E-state index contributed by atoms with van der Waals surface area (Å²) in [6.07, 6.45) is 0. The largest absolute Gasteiger partial charge is 0.508 e. The number of phenolic OH excluding ortho intramolecular Hbond substituents is 1. The second kappa shape index (κ2) is 8.95. The predicted octanol–water partition coefficient (Wildman–Crippen LogP) is 5.63. The minimum atomic E-state index is -0.873. The van der Waals surface area contributed by atoms with Crippen LogP contribution in [0.4, 0.5) is 5.69 Å². The van der Waals surface area contributed by atoms with Gasteiger partial charge in [-0.15, -0.1) is 0 Å². The molecule has 35 heavy (non-hydrogen) atoms. The van der Waals surface area contributed by atoms with Gasteiger partial charge in [0.1, 0.15) is 17.3 Å². The molecule has 3 aromatic rings. The van der Waals surface area contributed by atoms with Gasteiger partial charge in [-0.1, -0.05) is 45.0 Å². The number of amides is 1. The van der Waals surface area contributed by atoms with E-state index in [1.807, 2.05) is 25.1 Å². The summed E-state index contributed by atoms with van der Waals surface area (Å²) in [4.78, 5) is 28.1. The number of aromatic hydroxyl groups is 1. The van der Waals surface area contributed by atoms with Gasteiger partial charge < -0.3 is 14.9 Å². The zero-order valence-electron chi connectivity index (χ0n) is 20.5. The number of aliphatic hydroxyl groups excluding tert-OH is 1. The van der Waals surface area contributed by atoms with Gasteiger partial charge in [0.15, 0.2) is 0 Å². The topological polar surface area (TPSA) is 87.1 Å². The SMILES string of the molecule is COc1ccc(N2C(=O)C(=O)/C(=C(/O)c3cc(C(C)(C)C)ccc3C)C2c2ccc(O)cc2)cc1. The standard InChI is InChI=1S/C29H29NO5/c1-17-6-9-19(29(2,3)4)16-23(17)26(32)24-25(18-7-12-21(31)13-8-18)30(28(34)27(24)33)20-10-14-22(35-5)15-11-20/h6-16,25,31-32H,1-5H3/b26-24+. The summed E-state index contributed by atoms with van der Waals surface area (Å²) >= 11 is 0. The Balaban J connectivity index is 1.95. The number of hydrogen-bond acceptors (Lipinski definition) is 5. The van der Waals surface area contributed by atoms with Gasteiger partial charge in [-0.2, -0.15) is 0 Å². The Morgan fingerprint density at radius 2 is 1.57 bits per heavy atom. The van der Waals surface area contributed by atoms with Crippen LogP contribution in [0.15, 0.2) is 72.3 Å². The Morgan fingerprint density at radius 1 is 0.943 bits per heavy atom. The van der Waals surface area contributed by atoms with E-state index < -0.39 is 17.7 Å². The maximum Gasteiger partial charge on any atom is 0.300 e. The van der Waals surface area contributed by atoms with E-state index in [1.54, 1.807) is 43.5 Å². The average Bonchev–Trinajstić information content (AvgIpc) is 3.09. The molecule has 3 aromatic carbocycles. The van der Waals surface area contributed by atoms with Gasteiger partial charge in [0, 0.05) is 11.3 Å². The molecule has 1 amide bonds. The number of aliphatic hydroxyl groups is 1. The first-order valence-corrected chi connectivity index (χ1v) is 11.4. The molecule has 1 atom stereocenters. The number of phenols is 1. The van der Waals surface area contributed by atoms with E-state index in [-0.39, 0.29) is 22.5 Å². The summed E-state index contributed by atoms with van der Waals surface area (Å²) in [5.74, 6) is -1.05. The fourth-order valence-electron chi connectivity index (χ4n) is 4.30. The molecule has 0 spiro atoms. The van der Waals surface area contributed by atoms with Crippen molar-refractivity contribution in [2.45, 2.75) is 39.2 Å². The summed E-state index contributed by atoms with van der Waals surface area (Å²) in [6.45, 7) is 8.07. The molecule has 4 rings (SSSR count). The number of rotatable bonds is 4. The molecule has 6 nitrogen and oxygen atoms in total. The lowest BCUT2D eigenvalue weighted by molar-refractivity contribution is -0.132. The van der Waals surface area contributed by atoms with E-state index in [4.69, 9.17) is 4.74 Å². The summed E-state index contributed by atoms with van der Waals surface area (Å²) < 4.78 is 5.23. The molecule has 1 aliphatic heterocycles. The monoisotopic (exact) mass is 471 g/mol. The van der Waals surface area contributed by atoms with Crippen LogP contribution in [-0.4, -0.2) is 29.0 Å². The van der Waals surface area contributed by atoms with Crippen molar-refractivity contribution in [1.82, 2.24) is 0 Å². The highest BCUT2D eigenvalue weighted by Gasteiger charge is 2.47. The fraction of sp³-hybridized carbons (Fsp3) is 0.241. The zero-order chi connectivity index (χ0) is 25.5. The van der Waals surface area contributed by atoms with Gasteiger partial charge in [-0.3, -0.25) is 14.5 Å². The van der Waals surface area contributed by atoms with Gasteiger partial charge in [-0.05, 0) is 71.5 Å². The van der Waals surface area contributed by atoms with Crippen LogP contribution >= 0.6 is 0 Å². The van der Waals surface area contributed by atoms with Crippen LogP contribution in [0.25, 0.3) is 5.76 Å². The quantitative estimate of drug-likeness (QED) is 0.292. The van der Waals surface area contributed by atoms with Crippen molar-refractivity contribution in [2.75, 3.05) is 12.0 Å². The molecule has 0 aliphatic carbocycles. The normalized spacial score (nSPS) is 17.6. The average molecular weight is 472 g/mol. The van der Waals surface area contributed by atoms with Crippen molar-refractivity contribution in [2.24, 2.45) is 0 Å². The van der Waals surface area contributed by atoms with Gasteiger partial charge in [0.05, 0.1) is 18.7 Å². The van der Waals surface area contributed by atoms with Crippen LogP contribution < -0.4 is 9.64 Å². The third-order valence-corrected chi connectivity index (χ3v) is 6.36. The van der Waals surface area contributed by atoms with Gasteiger partial charge >= 0.3 is 0 Å². The first kappa shape index (κ1) is 24.1. The number of ketones is 1. The fourth-order valence-corrected chi connectivity index (χ4v) is 4.30. The molecule has 0 aromatic heterocycles. The van der Waals surface area contributed by atoms with Crippen molar-refractivity contribution in [3.63, 3.8) is 0 Å².